The summed E-state index contributed by atoms with van der Waals surface area (Å²) in [6.07, 6.45) is 1.43. The molecule has 1 heterocycles. The van der Waals surface area contributed by atoms with Gasteiger partial charge in [0, 0.05) is 13.1 Å². The third-order valence-corrected chi connectivity index (χ3v) is 3.19. The van der Waals surface area contributed by atoms with Crippen LogP contribution in [0.2, 0.25) is 0 Å². The molecule has 1 rings (SSSR count). The number of rotatable bonds is 2. The number of hydrogen-bond acceptors (Lipinski definition) is 5. The third kappa shape index (κ3) is 5.40. The maximum Gasteiger partial charge on any atom is 0.410 e. The summed E-state index contributed by atoms with van der Waals surface area (Å²) in [7, 11) is 0. The van der Waals surface area contributed by atoms with Crippen molar-refractivity contribution < 1.29 is 19.1 Å². The van der Waals surface area contributed by atoms with Crippen molar-refractivity contribution in [1.29, 1.82) is 5.26 Å². The number of hydrogen-bond donors (Lipinski definition) is 0. The molecule has 0 unspecified atom stereocenters. The molecule has 0 atom stereocenters. The van der Waals surface area contributed by atoms with Crippen molar-refractivity contribution in [2.24, 2.45) is 0 Å². The van der Waals surface area contributed by atoms with Crippen LogP contribution in [0, 0.1) is 11.3 Å². The molecule has 6 heteroatoms. The van der Waals surface area contributed by atoms with Crippen LogP contribution >= 0.6 is 0 Å². The smallest absolute Gasteiger partial charge is 0.410 e. The summed E-state index contributed by atoms with van der Waals surface area (Å²) < 4.78 is 10.3. The number of amides is 1. The van der Waals surface area contributed by atoms with Crippen LogP contribution in [-0.4, -0.2) is 42.3 Å². The third-order valence-electron chi connectivity index (χ3n) is 3.19. The van der Waals surface area contributed by atoms with E-state index in [0.717, 1.165) is 5.57 Å². The Morgan fingerprint density at radius 3 is 2.50 bits per heavy atom. The molecule has 6 nitrogen and oxygen atoms in total. The standard InChI is InChI=1S/C16H24N2O4/c1-5-21-14(19)13(11-17)12-7-6-9-18(10-8-12)15(20)22-16(2,3)4/h5-10H2,1-4H3. The Hall–Kier alpha value is -2.03. The van der Waals surface area contributed by atoms with Gasteiger partial charge in [-0.2, -0.15) is 5.26 Å². The first kappa shape index (κ1) is 18.0. The zero-order valence-electron chi connectivity index (χ0n) is 13.8. The number of esters is 1. The van der Waals surface area contributed by atoms with Crippen molar-refractivity contribution in [3.63, 3.8) is 0 Å². The van der Waals surface area contributed by atoms with E-state index in [-0.39, 0.29) is 18.3 Å². The molecule has 1 fully saturated rings. The second-order valence-corrected chi connectivity index (χ2v) is 6.13. The van der Waals surface area contributed by atoms with Crippen LogP contribution in [0.1, 0.15) is 47.0 Å². The Labute approximate surface area is 131 Å². The Morgan fingerprint density at radius 1 is 1.27 bits per heavy atom. The van der Waals surface area contributed by atoms with E-state index in [1.165, 1.54) is 0 Å². The van der Waals surface area contributed by atoms with Gasteiger partial charge in [0.05, 0.1) is 6.61 Å². The van der Waals surface area contributed by atoms with Crippen LogP contribution < -0.4 is 0 Å². The molecule has 1 aliphatic rings. The molecule has 0 bridgehead atoms. The van der Waals surface area contributed by atoms with Gasteiger partial charge in [-0.05, 0) is 52.5 Å². The van der Waals surface area contributed by atoms with Crippen molar-refractivity contribution in [3.05, 3.63) is 11.1 Å². The van der Waals surface area contributed by atoms with Crippen LogP contribution in [0.4, 0.5) is 4.79 Å². The van der Waals surface area contributed by atoms with Gasteiger partial charge in [-0.25, -0.2) is 9.59 Å². The molecule has 122 valence electrons. The molecule has 0 radical (unpaired) electrons. The minimum Gasteiger partial charge on any atom is -0.462 e. The molecule has 0 aromatic rings. The van der Waals surface area contributed by atoms with Gasteiger partial charge in [0.2, 0.25) is 0 Å². The van der Waals surface area contributed by atoms with E-state index in [1.807, 2.05) is 26.8 Å². The lowest BCUT2D eigenvalue weighted by molar-refractivity contribution is -0.138. The van der Waals surface area contributed by atoms with E-state index in [1.54, 1.807) is 11.8 Å². The zero-order chi connectivity index (χ0) is 16.8. The lowest BCUT2D eigenvalue weighted by Crippen LogP contribution is -2.37. The number of ether oxygens (including phenoxy) is 2. The molecule has 1 amide bonds. The van der Waals surface area contributed by atoms with Gasteiger partial charge in [-0.3, -0.25) is 0 Å². The minimum atomic E-state index is -0.578. The highest BCUT2D eigenvalue weighted by Gasteiger charge is 2.25. The molecule has 1 saturated heterocycles. The van der Waals surface area contributed by atoms with E-state index in [2.05, 4.69) is 0 Å². The minimum absolute atomic E-state index is 0.0767. The van der Waals surface area contributed by atoms with Crippen molar-refractivity contribution >= 4 is 12.1 Å². The first-order chi connectivity index (χ1) is 10.3. The van der Waals surface area contributed by atoms with Gasteiger partial charge in [0.15, 0.2) is 0 Å². The Morgan fingerprint density at radius 2 is 1.95 bits per heavy atom. The average molecular weight is 308 g/mol. The maximum atomic E-state index is 12.1. The second-order valence-electron chi connectivity index (χ2n) is 6.13. The second kappa shape index (κ2) is 7.83. The largest absolute Gasteiger partial charge is 0.462 e. The summed E-state index contributed by atoms with van der Waals surface area (Å²) in [5, 5.41) is 9.18. The van der Waals surface area contributed by atoms with Crippen LogP contribution in [0.3, 0.4) is 0 Å². The quantitative estimate of drug-likeness (QED) is 0.445. The van der Waals surface area contributed by atoms with Crippen molar-refractivity contribution in [3.8, 4) is 6.07 Å². The predicted molar refractivity (Wildman–Crippen MR) is 80.9 cm³/mol. The van der Waals surface area contributed by atoms with Crippen molar-refractivity contribution in [2.45, 2.75) is 52.6 Å². The lowest BCUT2D eigenvalue weighted by Gasteiger charge is -2.26. The summed E-state index contributed by atoms with van der Waals surface area (Å²) in [5.74, 6) is -0.578. The van der Waals surface area contributed by atoms with Gasteiger partial charge in [0.25, 0.3) is 0 Å². The van der Waals surface area contributed by atoms with Crippen LogP contribution in [-0.2, 0) is 14.3 Å². The first-order valence-corrected chi connectivity index (χ1v) is 7.55. The number of carbonyl (C=O) groups is 2. The van der Waals surface area contributed by atoms with Gasteiger partial charge in [-0.1, -0.05) is 0 Å². The highest BCUT2D eigenvalue weighted by molar-refractivity contribution is 5.93. The summed E-state index contributed by atoms with van der Waals surface area (Å²) in [5.41, 5.74) is 0.296. The fraction of sp³-hybridized carbons (Fsp3) is 0.688. The first-order valence-electron chi connectivity index (χ1n) is 7.55. The molecular formula is C16H24N2O4. The topological polar surface area (TPSA) is 79.6 Å². The zero-order valence-corrected chi connectivity index (χ0v) is 13.8. The van der Waals surface area contributed by atoms with Crippen molar-refractivity contribution in [1.82, 2.24) is 4.90 Å². The number of nitriles is 1. The normalized spacial score (nSPS) is 18.0. The monoisotopic (exact) mass is 308 g/mol. The molecule has 0 spiro atoms. The molecule has 22 heavy (non-hydrogen) atoms. The van der Waals surface area contributed by atoms with E-state index in [0.29, 0.717) is 32.4 Å². The fourth-order valence-electron chi connectivity index (χ4n) is 2.22. The lowest BCUT2D eigenvalue weighted by atomic mass is 10.0. The Kier molecular flexibility index (Phi) is 6.41. The average Bonchev–Trinajstić information content (AvgIpc) is 2.64. The maximum absolute atomic E-state index is 12.1. The molecule has 0 aromatic heterocycles. The number of likely N-dealkylation sites (tertiary alicyclic amines) is 1. The molecule has 0 aliphatic carbocycles. The Bertz CT molecular complexity index is 497. The Balaban J connectivity index is 2.79. The highest BCUT2D eigenvalue weighted by atomic mass is 16.6. The van der Waals surface area contributed by atoms with Gasteiger partial charge < -0.3 is 14.4 Å². The summed E-state index contributed by atoms with van der Waals surface area (Å²) in [4.78, 5) is 25.5. The van der Waals surface area contributed by atoms with Crippen LogP contribution in [0.5, 0.6) is 0 Å². The SMILES string of the molecule is CCOC(=O)C(C#N)=C1CCCN(C(=O)OC(C)(C)C)CC1. The predicted octanol–water partition coefficient (Wildman–Crippen LogP) is 2.79. The van der Waals surface area contributed by atoms with Gasteiger partial charge >= 0.3 is 12.1 Å². The molecule has 0 N–H and O–H groups in total. The highest BCUT2D eigenvalue weighted by Crippen LogP contribution is 2.22. The fourth-order valence-corrected chi connectivity index (χ4v) is 2.22. The van der Waals surface area contributed by atoms with E-state index < -0.39 is 11.6 Å². The van der Waals surface area contributed by atoms with E-state index in [4.69, 9.17) is 9.47 Å². The van der Waals surface area contributed by atoms with Gasteiger partial charge in [-0.15, -0.1) is 0 Å². The summed E-state index contributed by atoms with van der Waals surface area (Å²) >= 11 is 0. The molecule has 1 aliphatic heterocycles. The number of carbonyl (C=O) groups excluding carboxylic acids is 2. The van der Waals surface area contributed by atoms with E-state index >= 15 is 0 Å². The van der Waals surface area contributed by atoms with Crippen LogP contribution in [0.25, 0.3) is 0 Å². The molecular weight excluding hydrogens is 284 g/mol. The molecule has 0 saturated carbocycles. The van der Waals surface area contributed by atoms with Gasteiger partial charge in [0.1, 0.15) is 17.2 Å². The molecule has 0 aromatic carbocycles. The van der Waals surface area contributed by atoms with Crippen molar-refractivity contribution in [2.75, 3.05) is 19.7 Å². The number of nitrogens with zero attached hydrogens (tertiary/aromatic N) is 2. The summed E-state index contributed by atoms with van der Waals surface area (Å²) in [6, 6.07) is 1.94. The van der Waals surface area contributed by atoms with E-state index in [9.17, 15) is 14.9 Å². The summed E-state index contributed by atoms with van der Waals surface area (Å²) in [6.45, 7) is 8.40. The van der Waals surface area contributed by atoms with Crippen LogP contribution in [0.15, 0.2) is 11.1 Å².